The van der Waals surface area contributed by atoms with Crippen molar-refractivity contribution in [2.75, 3.05) is 0 Å². The van der Waals surface area contributed by atoms with Gasteiger partial charge in [-0.1, -0.05) is 6.08 Å². The molecule has 25 heavy (non-hydrogen) atoms. The van der Waals surface area contributed by atoms with Crippen LogP contribution >= 0.6 is 0 Å². The molecule has 0 radical (unpaired) electrons. The number of rotatable bonds is 7. The van der Waals surface area contributed by atoms with E-state index in [9.17, 15) is 19.2 Å². The molecule has 2 saturated heterocycles. The minimum absolute atomic E-state index is 0.0891. The highest BCUT2D eigenvalue weighted by Gasteiger charge is 2.33. The average molecular weight is 348 g/mol. The fraction of sp³-hybridized carbons (Fsp3) is 0.667. The molecule has 7 nitrogen and oxygen atoms in total. The van der Waals surface area contributed by atoms with Crippen LogP contribution in [0.3, 0.4) is 0 Å². The second-order valence-corrected chi connectivity index (χ2v) is 6.91. The van der Waals surface area contributed by atoms with Crippen LogP contribution in [0.25, 0.3) is 0 Å². The molecule has 3 heterocycles. The summed E-state index contributed by atoms with van der Waals surface area (Å²) in [6, 6.07) is 0.731. The third kappa shape index (κ3) is 4.34. The van der Waals surface area contributed by atoms with Gasteiger partial charge in [0.15, 0.2) is 5.78 Å². The van der Waals surface area contributed by atoms with Crippen LogP contribution in [0.15, 0.2) is 11.6 Å². The first kappa shape index (κ1) is 17.8. The molecule has 3 aliphatic heterocycles. The van der Waals surface area contributed by atoms with E-state index in [1.165, 1.54) is 0 Å². The molecule has 0 spiro atoms. The molecular weight excluding hydrogens is 324 g/mol. The zero-order valence-electron chi connectivity index (χ0n) is 14.3. The maximum absolute atomic E-state index is 12.4. The molecule has 2 bridgehead atoms. The van der Waals surface area contributed by atoms with E-state index in [0.29, 0.717) is 30.4 Å². The number of hydrogen-bond donors (Lipinski definition) is 1. The SMILES string of the molecule is O=C(CCCCC(=O)C1=CCC[C@H]2CCC1N2)ON1C(=O)CCC1=O. The molecule has 0 aromatic heterocycles. The Kier molecular flexibility index (Phi) is 5.63. The van der Waals surface area contributed by atoms with E-state index in [-0.39, 0.29) is 31.1 Å². The number of imide groups is 1. The largest absolute Gasteiger partial charge is 0.333 e. The van der Waals surface area contributed by atoms with Crippen molar-refractivity contribution in [3.8, 4) is 0 Å². The topological polar surface area (TPSA) is 92.8 Å². The van der Waals surface area contributed by atoms with Gasteiger partial charge in [0.25, 0.3) is 11.8 Å². The number of hydrogen-bond acceptors (Lipinski definition) is 6. The second kappa shape index (κ2) is 7.91. The molecule has 2 atom stereocenters. The number of Topliss-reactive ketones (excluding diaryl/α,β-unsaturated/α-hetero) is 1. The standard InChI is InChI=1S/C18H24N2O5/c21-15(13-5-3-4-12-8-9-14(13)19-12)6-1-2-7-18(24)25-20-16(22)10-11-17(20)23/h5,12,14,19H,1-4,6-11H2/t12-,14?/m0/s1. The lowest BCUT2D eigenvalue weighted by Crippen LogP contribution is -2.32. The van der Waals surface area contributed by atoms with Crippen LogP contribution < -0.4 is 5.32 Å². The molecule has 0 aliphatic carbocycles. The maximum atomic E-state index is 12.4. The van der Waals surface area contributed by atoms with Gasteiger partial charge in [-0.25, -0.2) is 4.79 Å². The highest BCUT2D eigenvalue weighted by atomic mass is 16.7. The van der Waals surface area contributed by atoms with Gasteiger partial charge in [0.05, 0.1) is 0 Å². The van der Waals surface area contributed by atoms with E-state index in [2.05, 4.69) is 11.4 Å². The number of allylic oxidation sites excluding steroid dienone is 1. The van der Waals surface area contributed by atoms with E-state index < -0.39 is 17.8 Å². The Labute approximate surface area is 146 Å². The van der Waals surface area contributed by atoms with Gasteiger partial charge in [0, 0.05) is 43.3 Å². The normalized spacial score (nSPS) is 25.8. The van der Waals surface area contributed by atoms with Gasteiger partial charge in [-0.15, -0.1) is 5.06 Å². The molecule has 0 saturated carbocycles. The molecule has 3 rings (SSSR count). The minimum atomic E-state index is -0.606. The van der Waals surface area contributed by atoms with E-state index in [0.717, 1.165) is 31.3 Å². The maximum Gasteiger partial charge on any atom is 0.333 e. The summed E-state index contributed by atoms with van der Waals surface area (Å²) in [5.41, 5.74) is 0.899. The highest BCUT2D eigenvalue weighted by molar-refractivity contribution is 6.01. The summed E-state index contributed by atoms with van der Waals surface area (Å²) < 4.78 is 0. The number of carbonyl (C=O) groups is 4. The van der Waals surface area contributed by atoms with E-state index >= 15 is 0 Å². The molecule has 3 aliphatic rings. The van der Waals surface area contributed by atoms with Gasteiger partial charge in [-0.2, -0.15) is 0 Å². The fourth-order valence-electron chi connectivity index (χ4n) is 3.69. The first-order chi connectivity index (χ1) is 12.0. The lowest BCUT2D eigenvalue weighted by molar-refractivity contribution is -0.197. The molecule has 0 aromatic rings. The van der Waals surface area contributed by atoms with E-state index in [1.54, 1.807) is 0 Å². The zero-order chi connectivity index (χ0) is 17.8. The predicted molar refractivity (Wildman–Crippen MR) is 87.9 cm³/mol. The number of hydroxylamine groups is 2. The quantitative estimate of drug-likeness (QED) is 0.554. The molecule has 2 fully saturated rings. The van der Waals surface area contributed by atoms with Crippen molar-refractivity contribution >= 4 is 23.6 Å². The Morgan fingerprint density at radius 2 is 1.80 bits per heavy atom. The summed E-state index contributed by atoms with van der Waals surface area (Å²) in [6.07, 6.45) is 8.01. The summed E-state index contributed by atoms with van der Waals surface area (Å²) in [5.74, 6) is -1.41. The van der Waals surface area contributed by atoms with Crippen molar-refractivity contribution in [3.63, 3.8) is 0 Å². The Morgan fingerprint density at radius 3 is 2.56 bits per heavy atom. The van der Waals surface area contributed by atoms with Crippen LogP contribution in [0.1, 0.15) is 64.2 Å². The van der Waals surface area contributed by atoms with Crippen LogP contribution in [0.4, 0.5) is 0 Å². The summed E-state index contributed by atoms with van der Waals surface area (Å²) in [6.45, 7) is 0. The van der Waals surface area contributed by atoms with Crippen molar-refractivity contribution in [3.05, 3.63) is 11.6 Å². The highest BCUT2D eigenvalue weighted by Crippen LogP contribution is 2.27. The summed E-state index contributed by atoms with van der Waals surface area (Å²) in [7, 11) is 0. The molecular formula is C18H24N2O5. The molecule has 2 amide bonds. The van der Waals surface area contributed by atoms with Crippen molar-refractivity contribution < 1.29 is 24.0 Å². The smallest absolute Gasteiger partial charge is 0.330 e. The number of ketones is 1. The van der Waals surface area contributed by atoms with Crippen LogP contribution in [0.2, 0.25) is 0 Å². The Hall–Kier alpha value is -2.02. The summed E-state index contributed by atoms with van der Waals surface area (Å²) in [4.78, 5) is 51.7. The van der Waals surface area contributed by atoms with Crippen LogP contribution in [0, 0.1) is 0 Å². The molecule has 136 valence electrons. The third-order valence-corrected chi connectivity index (χ3v) is 5.05. The van der Waals surface area contributed by atoms with Crippen molar-refractivity contribution in [1.82, 2.24) is 10.4 Å². The van der Waals surface area contributed by atoms with Gasteiger partial charge in [-0.3, -0.25) is 14.4 Å². The Bertz CT molecular complexity index is 597. The van der Waals surface area contributed by atoms with Gasteiger partial charge >= 0.3 is 5.97 Å². The summed E-state index contributed by atoms with van der Waals surface area (Å²) >= 11 is 0. The molecule has 1 unspecified atom stereocenters. The molecule has 0 aromatic carbocycles. The van der Waals surface area contributed by atoms with Crippen molar-refractivity contribution in [2.45, 2.75) is 76.3 Å². The van der Waals surface area contributed by atoms with Gasteiger partial charge in [-0.05, 0) is 38.5 Å². The van der Waals surface area contributed by atoms with Crippen molar-refractivity contribution in [2.24, 2.45) is 0 Å². The van der Waals surface area contributed by atoms with Crippen molar-refractivity contribution in [1.29, 1.82) is 0 Å². The van der Waals surface area contributed by atoms with Gasteiger partial charge in [0.1, 0.15) is 0 Å². The fourth-order valence-corrected chi connectivity index (χ4v) is 3.69. The third-order valence-electron chi connectivity index (χ3n) is 5.05. The summed E-state index contributed by atoms with van der Waals surface area (Å²) in [5, 5.41) is 4.07. The first-order valence-electron chi connectivity index (χ1n) is 9.10. The molecule has 1 N–H and O–H groups in total. The predicted octanol–water partition coefficient (Wildman–Crippen LogP) is 1.56. The van der Waals surface area contributed by atoms with E-state index in [1.807, 2.05) is 0 Å². The first-order valence-corrected chi connectivity index (χ1v) is 9.10. The lowest BCUT2D eigenvalue weighted by atomic mass is 9.94. The second-order valence-electron chi connectivity index (χ2n) is 6.91. The van der Waals surface area contributed by atoms with Crippen LogP contribution in [-0.4, -0.2) is 40.7 Å². The zero-order valence-corrected chi connectivity index (χ0v) is 14.3. The average Bonchev–Trinajstić information content (AvgIpc) is 3.08. The monoisotopic (exact) mass is 348 g/mol. The van der Waals surface area contributed by atoms with Crippen LogP contribution in [0.5, 0.6) is 0 Å². The molecule has 7 heteroatoms. The Balaban J connectivity index is 1.37. The number of fused-ring (bicyclic) bond motifs is 2. The van der Waals surface area contributed by atoms with Crippen LogP contribution in [-0.2, 0) is 24.0 Å². The Morgan fingerprint density at radius 1 is 1.08 bits per heavy atom. The van der Waals surface area contributed by atoms with E-state index in [4.69, 9.17) is 4.84 Å². The van der Waals surface area contributed by atoms with Gasteiger partial charge < -0.3 is 10.2 Å². The minimum Gasteiger partial charge on any atom is -0.330 e. The number of carbonyl (C=O) groups excluding carboxylic acids is 4. The number of nitrogens with one attached hydrogen (secondary N) is 1. The lowest BCUT2D eigenvalue weighted by Gasteiger charge is -2.14. The van der Waals surface area contributed by atoms with Gasteiger partial charge in [0.2, 0.25) is 0 Å². The number of amides is 2. The number of nitrogens with zero attached hydrogens (tertiary/aromatic N) is 1. The number of unbranched alkanes of at least 4 members (excludes halogenated alkanes) is 1.